The molecule has 0 atom stereocenters. The average Bonchev–Trinajstić information content (AvgIpc) is 2.23. The van der Waals surface area contributed by atoms with E-state index in [0.717, 1.165) is 0 Å². The van der Waals surface area contributed by atoms with Crippen LogP contribution < -0.4 is 0 Å². The molecule has 3 radical (unpaired) electrons. The average molecular weight is 823 g/mol. The topological polar surface area (TPSA) is 279 Å². The summed E-state index contributed by atoms with van der Waals surface area (Å²) >= 11 is 0. The van der Waals surface area contributed by atoms with Crippen molar-refractivity contribution < 1.29 is 95.9 Å². The van der Waals surface area contributed by atoms with Crippen molar-refractivity contribution in [2.24, 2.45) is 0 Å². The van der Waals surface area contributed by atoms with E-state index in [1.54, 1.807) is 0 Å². The van der Waals surface area contributed by atoms with Crippen LogP contribution in [0.25, 0.3) is 40.6 Å². The van der Waals surface area contributed by atoms with E-state index in [2.05, 4.69) is 0 Å². The maximum Gasteiger partial charge on any atom is 2.00 e. The Morgan fingerprint density at radius 1 is 0.409 bits per heavy atom. The van der Waals surface area contributed by atoms with Crippen molar-refractivity contribution in [3.63, 3.8) is 0 Å². The summed E-state index contributed by atoms with van der Waals surface area (Å²) in [5, 5.41) is 0. The Kier molecular flexibility index (Phi) is 911. The third-order valence-electron chi connectivity index (χ3n) is 0. The van der Waals surface area contributed by atoms with E-state index < -0.39 is 0 Å². The third-order valence-corrected chi connectivity index (χ3v) is 0. The second-order valence-corrected chi connectivity index (χ2v) is 0.707. The Balaban J connectivity index is -0.00000000947. The van der Waals surface area contributed by atoms with Crippen molar-refractivity contribution >= 4 is 38.5 Å². The first-order chi connectivity index (χ1) is 8.49. The van der Waals surface area contributed by atoms with Gasteiger partial charge in [-0.3, -0.25) is 0 Å². The summed E-state index contributed by atoms with van der Waals surface area (Å²) in [5.74, 6) is 0. The first kappa shape index (κ1) is 69.4. The van der Waals surface area contributed by atoms with Crippen LogP contribution in [0.5, 0.6) is 0 Å². The van der Waals surface area contributed by atoms with Gasteiger partial charge >= 0.3 is 44.8 Å². The van der Waals surface area contributed by atoms with Crippen molar-refractivity contribution in [2.75, 3.05) is 0 Å². The van der Waals surface area contributed by atoms with Gasteiger partial charge in [0.15, 0.2) is 0 Å². The van der Waals surface area contributed by atoms with Crippen LogP contribution in [0.15, 0.2) is 0 Å². The molecule has 0 fully saturated rings. The first-order valence-corrected chi connectivity index (χ1v) is 3.15. The number of amides is 6. The summed E-state index contributed by atoms with van der Waals surface area (Å²) in [4.78, 5) is 50.8. The van der Waals surface area contributed by atoms with Gasteiger partial charge in [-0.2, -0.15) is 0 Å². The van der Waals surface area contributed by atoms with E-state index in [0.29, 0.717) is 0 Å². The Hall–Kier alpha value is -0.999. The van der Waals surface area contributed by atoms with Crippen molar-refractivity contribution in [2.45, 2.75) is 0 Å². The zero-order valence-electron chi connectivity index (χ0n) is 10.8. The van der Waals surface area contributed by atoms with Crippen LogP contribution in [0.4, 0.5) is 0 Å². The van der Waals surface area contributed by atoms with Gasteiger partial charge < -0.3 is 69.3 Å². The van der Waals surface area contributed by atoms with Gasteiger partial charge in [0.05, 0.1) is 0 Å². The van der Waals surface area contributed by atoms with E-state index in [4.69, 9.17) is 63.2 Å². The molecule has 0 aromatic heterocycles. The predicted octanol–water partition coefficient (Wildman–Crippen LogP) is 1.88. The Morgan fingerprint density at radius 2 is 0.409 bits per heavy atom. The minimum atomic E-state index is 0. The summed E-state index contributed by atoms with van der Waals surface area (Å²) < 4.78 is 0. The fourth-order valence-corrected chi connectivity index (χ4v) is 0. The molecule has 0 bridgehead atoms. The van der Waals surface area contributed by atoms with E-state index in [1.807, 2.05) is 0 Å². The molecule has 0 aliphatic rings. The number of nitrogens with two attached hydrogens (primary N) is 1. The molecule has 0 saturated carbocycles. The quantitative estimate of drug-likeness (QED) is 0.329. The smallest absolute Gasteiger partial charge is 0.693 e. The number of carbonyl (C=O) groups excluding carboxylic acids is 6. The molecule has 8 N–H and O–H groups in total. The molecular weight excluding hydrogens is 809 g/mol. The largest absolute Gasteiger partial charge is 2.00 e. The molecule has 6 amide bonds. The monoisotopic (exact) mass is 823 g/mol. The molecular formula is C6H14N7O6Ta3-3. The van der Waals surface area contributed by atoms with E-state index >= 15 is 0 Å². The Bertz CT molecular complexity index is 134. The van der Waals surface area contributed by atoms with Crippen LogP contribution in [0, 0.1) is 0 Å². The van der Waals surface area contributed by atoms with Gasteiger partial charge in [-0.25, -0.2) is 0 Å². The summed E-state index contributed by atoms with van der Waals surface area (Å²) in [7, 11) is 0. The van der Waals surface area contributed by atoms with E-state index in [9.17, 15) is 0 Å². The molecule has 16 heteroatoms. The summed E-state index contributed by atoms with van der Waals surface area (Å²) in [5.41, 5.74) is 33.2. The van der Waals surface area contributed by atoms with Gasteiger partial charge in [0.2, 0.25) is 0 Å². The minimum absolute atomic E-state index is 0. The number of carbonyl (C=O) groups is 6. The number of rotatable bonds is 0. The van der Waals surface area contributed by atoms with Crippen LogP contribution in [-0.4, -0.2) is 38.5 Å². The predicted molar refractivity (Wildman–Crippen MR) is 67.6 cm³/mol. The van der Waals surface area contributed by atoms with E-state index in [-0.39, 0.29) is 112 Å². The minimum Gasteiger partial charge on any atom is -0.693 e. The van der Waals surface area contributed by atoms with Crippen LogP contribution >= 0.6 is 0 Å². The van der Waals surface area contributed by atoms with Gasteiger partial charge in [-0.1, -0.05) is 0 Å². The van der Waals surface area contributed by atoms with Crippen LogP contribution in [-0.2, 0) is 95.9 Å². The Labute approximate surface area is 174 Å². The third kappa shape index (κ3) is 6170. The molecule has 0 saturated heterocycles. The summed E-state index contributed by atoms with van der Waals surface area (Å²) in [6.07, 6.45) is 0. The van der Waals surface area contributed by atoms with Gasteiger partial charge in [-0.05, 0) is 0 Å². The van der Waals surface area contributed by atoms with Crippen molar-refractivity contribution in [1.29, 1.82) is 0 Å². The molecule has 0 heterocycles. The standard InChI is InChI=1S/6CH3NO.H2N.3Ta/c6*2-1-3;;;;/h6*1H,(H2,2,3);1H2;;;/q;;;;;;-1;;2*+2/p-6. The normalized spacial score (nSPS) is 3.27. The fourth-order valence-electron chi connectivity index (χ4n) is 0. The molecule has 0 rings (SSSR count). The van der Waals surface area contributed by atoms with Gasteiger partial charge in [0.25, 0.3) is 0 Å². The van der Waals surface area contributed by atoms with Crippen molar-refractivity contribution in [1.82, 2.24) is 0 Å². The molecule has 13 nitrogen and oxygen atoms in total. The van der Waals surface area contributed by atoms with Crippen molar-refractivity contribution in [3.8, 4) is 0 Å². The molecule has 0 aromatic carbocycles. The zero-order valence-corrected chi connectivity index (χ0v) is 20.5. The second kappa shape index (κ2) is 289. The molecule has 0 spiro atoms. The fraction of sp³-hybridized carbons (Fsp3) is 0. The van der Waals surface area contributed by atoms with Crippen molar-refractivity contribution in [3.05, 3.63) is 40.6 Å². The number of nitrogens with one attached hydrogen (secondary N) is 6. The van der Waals surface area contributed by atoms with Gasteiger partial charge in [-0.15, -0.1) is 0 Å². The molecule has 0 aliphatic heterocycles. The second-order valence-electron chi connectivity index (χ2n) is 0.707. The molecule has 0 aromatic rings. The molecule has 0 aliphatic carbocycles. The summed E-state index contributed by atoms with van der Waals surface area (Å²) in [6.45, 7) is 0. The number of hydrogen-bond donors (Lipinski definition) is 0. The van der Waals surface area contributed by atoms with E-state index in [1.165, 1.54) is 0 Å². The maximum atomic E-state index is 8.47. The summed E-state index contributed by atoms with van der Waals surface area (Å²) in [6, 6.07) is 0. The zero-order chi connectivity index (χ0) is 16.2. The first-order valence-electron chi connectivity index (χ1n) is 3.15. The number of hydrogen-bond acceptors (Lipinski definition) is 6. The van der Waals surface area contributed by atoms with Gasteiger partial charge in [0.1, 0.15) is 0 Å². The molecule has 0 unspecified atom stereocenters. The van der Waals surface area contributed by atoms with Crippen LogP contribution in [0.2, 0.25) is 0 Å². The Morgan fingerprint density at radius 3 is 0.409 bits per heavy atom. The molecule has 127 valence electrons. The maximum absolute atomic E-state index is 8.47. The van der Waals surface area contributed by atoms with Gasteiger partial charge in [0, 0.05) is 60.8 Å². The van der Waals surface area contributed by atoms with Crippen LogP contribution in [0.3, 0.4) is 0 Å². The van der Waals surface area contributed by atoms with Crippen LogP contribution in [0.1, 0.15) is 0 Å². The molecule has 22 heavy (non-hydrogen) atoms. The SMILES string of the molecule is [NH-]C=O.[NH-]C=O.[NH-]C=O.[NH-]C=O.[NH-]C=O.[NH-]C=O.[NH2-].[Ta+2].[Ta+2].[Ta].